The van der Waals surface area contributed by atoms with Crippen LogP contribution in [-0.2, 0) is 19.1 Å². The monoisotopic (exact) mass is 318 g/mol. The Balaban J connectivity index is 2.96. The summed E-state index contributed by atoms with van der Waals surface area (Å²) in [6.07, 6.45) is 7.03. The number of carbonyl (C=O) groups excluding carboxylic acids is 3. The fraction of sp³-hybridized carbons (Fsp3) is 0.526. The van der Waals surface area contributed by atoms with Crippen LogP contribution in [0.3, 0.4) is 0 Å². The third-order valence-corrected chi connectivity index (χ3v) is 3.91. The molecule has 0 fully saturated rings. The van der Waals surface area contributed by atoms with Crippen molar-refractivity contribution in [3.05, 3.63) is 36.6 Å². The zero-order chi connectivity index (χ0) is 17.5. The molecule has 0 radical (unpaired) electrons. The summed E-state index contributed by atoms with van der Waals surface area (Å²) in [5, 5.41) is 0. The second kappa shape index (κ2) is 8.61. The molecular weight excluding hydrogens is 292 g/mol. The van der Waals surface area contributed by atoms with Crippen molar-refractivity contribution >= 4 is 17.5 Å². The molecule has 0 aromatic heterocycles. The number of ether oxygens (including phenoxy) is 1. The number of hydrogen-bond donors (Lipinski definition) is 0. The number of esters is 1. The summed E-state index contributed by atoms with van der Waals surface area (Å²) in [6.45, 7) is 10.7. The third kappa shape index (κ3) is 5.31. The standard InChI is InChI=1S/C19H26O4/c1-5-7-8-11-15(20)14-10-9-12-16(21)17(14)23-18(22)19(3,4)13-6-2/h5-6H,1-2,7-13H2,3-4H3. The smallest absolute Gasteiger partial charge is 0.317 e. The van der Waals surface area contributed by atoms with Gasteiger partial charge in [0.2, 0.25) is 0 Å². The Bertz CT molecular complexity index is 538. The number of ketones is 2. The summed E-state index contributed by atoms with van der Waals surface area (Å²) in [5.41, 5.74) is -0.406. The van der Waals surface area contributed by atoms with Crippen molar-refractivity contribution in [1.29, 1.82) is 0 Å². The summed E-state index contributed by atoms with van der Waals surface area (Å²) < 4.78 is 5.36. The van der Waals surface area contributed by atoms with Crippen LogP contribution in [0.4, 0.5) is 0 Å². The van der Waals surface area contributed by atoms with Crippen LogP contribution in [0.5, 0.6) is 0 Å². The summed E-state index contributed by atoms with van der Waals surface area (Å²) in [7, 11) is 0. The minimum Gasteiger partial charge on any atom is -0.422 e. The molecule has 1 aliphatic rings. The highest BCUT2D eigenvalue weighted by atomic mass is 16.5. The molecular formula is C19H26O4. The van der Waals surface area contributed by atoms with Gasteiger partial charge in [-0.3, -0.25) is 14.4 Å². The van der Waals surface area contributed by atoms with Gasteiger partial charge < -0.3 is 4.74 Å². The average molecular weight is 318 g/mol. The van der Waals surface area contributed by atoms with E-state index in [1.807, 2.05) is 0 Å². The molecule has 0 heterocycles. The highest BCUT2D eigenvalue weighted by Crippen LogP contribution is 2.29. The van der Waals surface area contributed by atoms with E-state index in [0.29, 0.717) is 44.1 Å². The van der Waals surface area contributed by atoms with Crippen molar-refractivity contribution in [1.82, 2.24) is 0 Å². The highest BCUT2D eigenvalue weighted by Gasteiger charge is 2.33. The molecule has 0 aromatic carbocycles. The van der Waals surface area contributed by atoms with Crippen LogP contribution < -0.4 is 0 Å². The van der Waals surface area contributed by atoms with E-state index in [2.05, 4.69) is 13.2 Å². The molecule has 1 aliphatic carbocycles. The van der Waals surface area contributed by atoms with Crippen LogP contribution in [0.2, 0.25) is 0 Å². The van der Waals surface area contributed by atoms with E-state index in [1.165, 1.54) is 0 Å². The molecule has 4 nitrogen and oxygen atoms in total. The lowest BCUT2D eigenvalue weighted by molar-refractivity contribution is -0.152. The molecule has 0 bridgehead atoms. The number of carbonyl (C=O) groups is 3. The maximum Gasteiger partial charge on any atom is 0.317 e. The van der Waals surface area contributed by atoms with Crippen molar-refractivity contribution in [3.8, 4) is 0 Å². The molecule has 4 heteroatoms. The molecule has 0 spiro atoms. The lowest BCUT2D eigenvalue weighted by atomic mass is 9.88. The van der Waals surface area contributed by atoms with Gasteiger partial charge in [-0.1, -0.05) is 12.2 Å². The SMILES string of the molecule is C=CCCCC(=O)C1=C(OC(=O)C(C)(C)CC=C)C(=O)CCC1. The number of unbranched alkanes of at least 4 members (excludes halogenated alkanes) is 1. The number of allylic oxidation sites excluding steroid dienone is 4. The third-order valence-electron chi connectivity index (χ3n) is 3.91. The largest absolute Gasteiger partial charge is 0.422 e. The van der Waals surface area contributed by atoms with Crippen LogP contribution in [0.25, 0.3) is 0 Å². The second-order valence-corrected chi connectivity index (χ2v) is 6.45. The molecule has 0 saturated carbocycles. The van der Waals surface area contributed by atoms with Gasteiger partial charge in [0.05, 0.1) is 5.41 Å². The predicted molar refractivity (Wildman–Crippen MR) is 89.6 cm³/mol. The van der Waals surface area contributed by atoms with Gasteiger partial charge in [-0.05, 0) is 46.0 Å². The first-order chi connectivity index (χ1) is 10.8. The fourth-order valence-corrected chi connectivity index (χ4v) is 2.44. The summed E-state index contributed by atoms with van der Waals surface area (Å²) in [6, 6.07) is 0. The molecule has 0 aromatic rings. The minimum atomic E-state index is -0.774. The van der Waals surface area contributed by atoms with Gasteiger partial charge >= 0.3 is 5.97 Å². The Morgan fingerprint density at radius 1 is 1.22 bits per heavy atom. The van der Waals surface area contributed by atoms with Crippen LogP contribution in [0.15, 0.2) is 36.6 Å². The first kappa shape index (κ1) is 19.1. The highest BCUT2D eigenvalue weighted by molar-refractivity contribution is 6.07. The van der Waals surface area contributed by atoms with E-state index in [-0.39, 0.29) is 17.3 Å². The molecule has 1 rings (SSSR count). The second-order valence-electron chi connectivity index (χ2n) is 6.45. The van der Waals surface area contributed by atoms with Crippen molar-refractivity contribution in [2.75, 3.05) is 0 Å². The summed E-state index contributed by atoms with van der Waals surface area (Å²) >= 11 is 0. The van der Waals surface area contributed by atoms with Gasteiger partial charge in [0, 0.05) is 18.4 Å². The predicted octanol–water partition coefficient (Wildman–Crippen LogP) is 4.06. The van der Waals surface area contributed by atoms with Crippen LogP contribution in [0, 0.1) is 5.41 Å². The van der Waals surface area contributed by atoms with Crippen LogP contribution in [0.1, 0.15) is 58.8 Å². The Morgan fingerprint density at radius 3 is 2.52 bits per heavy atom. The molecule has 0 amide bonds. The number of rotatable bonds is 9. The Hall–Kier alpha value is -1.97. The Morgan fingerprint density at radius 2 is 1.91 bits per heavy atom. The van der Waals surface area contributed by atoms with Gasteiger partial charge in [0.25, 0.3) is 0 Å². The van der Waals surface area contributed by atoms with Gasteiger partial charge in [-0.2, -0.15) is 0 Å². The zero-order valence-corrected chi connectivity index (χ0v) is 14.2. The molecule has 0 N–H and O–H groups in total. The molecule has 0 atom stereocenters. The minimum absolute atomic E-state index is 0.0398. The quantitative estimate of drug-likeness (QED) is 0.365. The van der Waals surface area contributed by atoms with Crippen LogP contribution in [-0.4, -0.2) is 17.5 Å². The lowest BCUT2D eigenvalue weighted by Gasteiger charge is -2.24. The normalized spacial score (nSPS) is 15.3. The summed E-state index contributed by atoms with van der Waals surface area (Å²) in [4.78, 5) is 36.8. The van der Waals surface area contributed by atoms with E-state index >= 15 is 0 Å². The van der Waals surface area contributed by atoms with Crippen molar-refractivity contribution < 1.29 is 19.1 Å². The summed E-state index contributed by atoms with van der Waals surface area (Å²) in [5.74, 6) is -0.906. The zero-order valence-electron chi connectivity index (χ0n) is 14.2. The lowest BCUT2D eigenvalue weighted by Crippen LogP contribution is -2.29. The Labute approximate surface area is 138 Å². The van der Waals surface area contributed by atoms with Gasteiger partial charge in [-0.15, -0.1) is 13.2 Å². The van der Waals surface area contributed by atoms with Gasteiger partial charge in [-0.25, -0.2) is 0 Å². The van der Waals surface area contributed by atoms with Crippen molar-refractivity contribution in [2.24, 2.45) is 5.41 Å². The van der Waals surface area contributed by atoms with E-state index in [0.717, 1.165) is 6.42 Å². The maximum absolute atomic E-state index is 12.3. The first-order valence-electron chi connectivity index (χ1n) is 8.07. The van der Waals surface area contributed by atoms with Gasteiger partial charge in [0.15, 0.2) is 17.3 Å². The first-order valence-corrected chi connectivity index (χ1v) is 8.07. The molecule has 0 aliphatic heterocycles. The van der Waals surface area contributed by atoms with Crippen molar-refractivity contribution in [2.45, 2.75) is 58.8 Å². The molecule has 126 valence electrons. The molecule has 0 saturated heterocycles. The number of Topliss-reactive ketones (excluding diaryl/α,β-unsaturated/α-hetero) is 2. The van der Waals surface area contributed by atoms with Gasteiger partial charge in [0.1, 0.15) is 0 Å². The number of hydrogen-bond acceptors (Lipinski definition) is 4. The van der Waals surface area contributed by atoms with Crippen LogP contribution >= 0.6 is 0 Å². The van der Waals surface area contributed by atoms with E-state index in [1.54, 1.807) is 26.0 Å². The van der Waals surface area contributed by atoms with E-state index < -0.39 is 11.4 Å². The fourth-order valence-electron chi connectivity index (χ4n) is 2.44. The van der Waals surface area contributed by atoms with E-state index in [4.69, 9.17) is 4.74 Å². The topological polar surface area (TPSA) is 60.4 Å². The average Bonchev–Trinajstić information content (AvgIpc) is 2.49. The molecule has 0 unspecified atom stereocenters. The molecule has 23 heavy (non-hydrogen) atoms. The van der Waals surface area contributed by atoms with E-state index in [9.17, 15) is 14.4 Å². The van der Waals surface area contributed by atoms with Crippen molar-refractivity contribution in [3.63, 3.8) is 0 Å². The Kier molecular flexibility index (Phi) is 7.14. The maximum atomic E-state index is 12.3.